The fraction of sp³-hybridized carbons (Fsp3) is 0.688. The predicted octanol–water partition coefficient (Wildman–Crippen LogP) is 3.92. The highest BCUT2D eigenvalue weighted by Gasteiger charge is 2.58. The molecule has 1 spiro atoms. The number of allylic oxidation sites excluding steroid dienone is 1. The lowest BCUT2D eigenvalue weighted by Gasteiger charge is -2.32. The highest BCUT2D eigenvalue weighted by molar-refractivity contribution is 5.94. The molecule has 3 rings (SSSR count). The van der Waals surface area contributed by atoms with Gasteiger partial charge in [0.25, 0.3) is 0 Å². The molecule has 18 heavy (non-hydrogen) atoms. The summed E-state index contributed by atoms with van der Waals surface area (Å²) in [5.74, 6) is -0.0476. The molecule has 2 nitrogen and oxygen atoms in total. The summed E-state index contributed by atoms with van der Waals surface area (Å²) in [6.45, 7) is 4.47. The molecule has 2 aliphatic carbocycles. The highest BCUT2D eigenvalue weighted by atomic mass is 16.6. The van der Waals surface area contributed by atoms with Crippen molar-refractivity contribution in [3.05, 3.63) is 22.8 Å². The van der Waals surface area contributed by atoms with Gasteiger partial charge < -0.3 is 4.74 Å². The van der Waals surface area contributed by atoms with Crippen molar-refractivity contribution in [3.63, 3.8) is 0 Å². The van der Waals surface area contributed by atoms with E-state index in [4.69, 9.17) is 4.74 Å². The Balaban J connectivity index is 1.99. The van der Waals surface area contributed by atoms with E-state index in [1.54, 1.807) is 5.57 Å². The van der Waals surface area contributed by atoms with Gasteiger partial charge in [-0.3, -0.25) is 0 Å². The maximum absolute atomic E-state index is 12.0. The summed E-state index contributed by atoms with van der Waals surface area (Å²) < 4.78 is 5.65. The van der Waals surface area contributed by atoms with Crippen LogP contribution in [0.5, 0.6) is 0 Å². The summed E-state index contributed by atoms with van der Waals surface area (Å²) >= 11 is 0. The fourth-order valence-electron chi connectivity index (χ4n) is 4.06. The summed E-state index contributed by atoms with van der Waals surface area (Å²) in [5.41, 5.74) is 3.96. The van der Waals surface area contributed by atoms with Gasteiger partial charge in [0.2, 0.25) is 0 Å². The minimum atomic E-state index is -0.0476. The van der Waals surface area contributed by atoms with Gasteiger partial charge in [0, 0.05) is 12.0 Å². The van der Waals surface area contributed by atoms with Crippen molar-refractivity contribution in [1.82, 2.24) is 0 Å². The third-order valence-corrected chi connectivity index (χ3v) is 5.09. The van der Waals surface area contributed by atoms with Crippen molar-refractivity contribution in [3.8, 4) is 0 Å². The number of carbonyl (C=O) groups is 1. The first-order valence-corrected chi connectivity index (χ1v) is 7.31. The lowest BCUT2D eigenvalue weighted by molar-refractivity contribution is -0.139. The number of rotatable bonds is 3. The molecule has 1 fully saturated rings. The van der Waals surface area contributed by atoms with Gasteiger partial charge in [0.15, 0.2) is 0 Å². The summed E-state index contributed by atoms with van der Waals surface area (Å²) in [7, 11) is 0. The van der Waals surface area contributed by atoms with E-state index in [-0.39, 0.29) is 17.5 Å². The second-order valence-corrected chi connectivity index (χ2v) is 5.91. The van der Waals surface area contributed by atoms with Crippen LogP contribution in [0, 0.1) is 5.41 Å². The molecule has 2 heteroatoms. The molecule has 0 aromatic carbocycles. The van der Waals surface area contributed by atoms with Crippen LogP contribution in [0.2, 0.25) is 0 Å². The third-order valence-electron chi connectivity index (χ3n) is 5.09. The number of carbonyl (C=O) groups excluding carboxylic acids is 1. The number of ether oxygens (including phenoxy) is 1. The molecule has 0 unspecified atom stereocenters. The fourth-order valence-corrected chi connectivity index (χ4v) is 4.06. The SMILES string of the molecule is CCCCC1=C(C)[C@@]23CCCC=C2C(=O)O[C@H]3C1. The van der Waals surface area contributed by atoms with Crippen LogP contribution < -0.4 is 0 Å². The molecule has 0 N–H and O–H groups in total. The zero-order chi connectivity index (χ0) is 12.8. The van der Waals surface area contributed by atoms with Crippen LogP contribution >= 0.6 is 0 Å². The van der Waals surface area contributed by atoms with Gasteiger partial charge in [-0.1, -0.05) is 30.6 Å². The molecule has 1 aliphatic heterocycles. The van der Waals surface area contributed by atoms with Gasteiger partial charge in [-0.15, -0.1) is 0 Å². The normalized spacial score (nSPS) is 34.2. The number of unbranched alkanes of at least 4 members (excludes halogenated alkanes) is 1. The van der Waals surface area contributed by atoms with Gasteiger partial charge >= 0.3 is 5.97 Å². The Hall–Kier alpha value is -1.05. The predicted molar refractivity (Wildman–Crippen MR) is 71.1 cm³/mol. The first kappa shape index (κ1) is 12.0. The maximum Gasteiger partial charge on any atom is 0.335 e. The van der Waals surface area contributed by atoms with Crippen molar-refractivity contribution in [2.75, 3.05) is 0 Å². The zero-order valence-corrected chi connectivity index (χ0v) is 11.4. The van der Waals surface area contributed by atoms with Gasteiger partial charge in [0.05, 0.1) is 5.41 Å². The van der Waals surface area contributed by atoms with Crippen LogP contribution in [-0.4, -0.2) is 12.1 Å². The van der Waals surface area contributed by atoms with E-state index >= 15 is 0 Å². The quantitative estimate of drug-likeness (QED) is 0.557. The van der Waals surface area contributed by atoms with Crippen molar-refractivity contribution in [1.29, 1.82) is 0 Å². The average Bonchev–Trinajstić information content (AvgIpc) is 2.80. The molecular weight excluding hydrogens is 224 g/mol. The summed E-state index contributed by atoms with van der Waals surface area (Å²) in [6, 6.07) is 0. The minimum Gasteiger partial charge on any atom is -0.457 e. The Bertz CT molecular complexity index is 444. The van der Waals surface area contributed by atoms with Crippen LogP contribution in [0.1, 0.15) is 58.8 Å². The van der Waals surface area contributed by atoms with Crippen LogP contribution in [0.3, 0.4) is 0 Å². The molecule has 3 aliphatic rings. The number of hydrogen-bond acceptors (Lipinski definition) is 2. The van der Waals surface area contributed by atoms with E-state index < -0.39 is 0 Å². The molecule has 1 saturated heterocycles. The van der Waals surface area contributed by atoms with Crippen molar-refractivity contribution >= 4 is 5.97 Å². The Kier molecular flexibility index (Phi) is 2.84. The van der Waals surface area contributed by atoms with Crippen LogP contribution in [0.25, 0.3) is 0 Å². The monoisotopic (exact) mass is 246 g/mol. The van der Waals surface area contributed by atoms with Crippen molar-refractivity contribution in [2.45, 2.75) is 64.9 Å². The molecule has 0 bridgehead atoms. The van der Waals surface area contributed by atoms with E-state index in [9.17, 15) is 4.79 Å². The van der Waals surface area contributed by atoms with Crippen LogP contribution in [-0.2, 0) is 9.53 Å². The first-order chi connectivity index (χ1) is 8.70. The minimum absolute atomic E-state index is 0.0294. The van der Waals surface area contributed by atoms with Gasteiger partial charge in [-0.2, -0.15) is 0 Å². The molecule has 0 amide bonds. The molecule has 0 aromatic rings. The maximum atomic E-state index is 12.0. The van der Waals surface area contributed by atoms with E-state index in [0.29, 0.717) is 0 Å². The molecule has 0 aromatic heterocycles. The molecule has 2 atom stereocenters. The van der Waals surface area contributed by atoms with Gasteiger partial charge in [0.1, 0.15) is 6.10 Å². The Morgan fingerprint density at radius 2 is 2.33 bits per heavy atom. The Morgan fingerprint density at radius 3 is 3.11 bits per heavy atom. The number of esters is 1. The Labute approximate surface area is 109 Å². The standard InChI is InChI=1S/C16H22O2/c1-3-4-7-12-10-14-16(11(12)2)9-6-5-8-13(16)15(17)18-14/h8,14H,3-7,9-10H2,1-2H3/t14-,16-/m0/s1. The van der Waals surface area contributed by atoms with Crippen LogP contribution in [0.15, 0.2) is 22.8 Å². The summed E-state index contributed by atoms with van der Waals surface area (Å²) in [4.78, 5) is 12.0. The second kappa shape index (κ2) is 4.25. The average molecular weight is 246 g/mol. The number of hydrogen-bond donors (Lipinski definition) is 0. The van der Waals surface area contributed by atoms with E-state index in [1.807, 2.05) is 0 Å². The molecular formula is C16H22O2. The highest BCUT2D eigenvalue weighted by Crippen LogP contribution is 2.59. The van der Waals surface area contributed by atoms with E-state index in [2.05, 4.69) is 19.9 Å². The topological polar surface area (TPSA) is 26.3 Å². The molecule has 0 saturated carbocycles. The van der Waals surface area contributed by atoms with Crippen molar-refractivity contribution < 1.29 is 9.53 Å². The third kappa shape index (κ3) is 1.44. The van der Waals surface area contributed by atoms with Gasteiger partial charge in [-0.25, -0.2) is 4.79 Å². The van der Waals surface area contributed by atoms with E-state index in [0.717, 1.165) is 24.8 Å². The zero-order valence-electron chi connectivity index (χ0n) is 11.4. The first-order valence-electron chi connectivity index (χ1n) is 7.31. The summed E-state index contributed by atoms with van der Waals surface area (Å²) in [6.07, 6.45) is 10.2. The Morgan fingerprint density at radius 1 is 1.50 bits per heavy atom. The second-order valence-electron chi connectivity index (χ2n) is 5.91. The van der Waals surface area contributed by atoms with E-state index in [1.165, 1.54) is 31.3 Å². The van der Waals surface area contributed by atoms with Crippen molar-refractivity contribution in [2.24, 2.45) is 5.41 Å². The largest absolute Gasteiger partial charge is 0.457 e. The lowest BCUT2D eigenvalue weighted by Crippen LogP contribution is -2.31. The molecule has 98 valence electrons. The molecule has 1 heterocycles. The smallest absolute Gasteiger partial charge is 0.335 e. The lowest BCUT2D eigenvalue weighted by atomic mass is 9.68. The summed E-state index contributed by atoms with van der Waals surface area (Å²) in [5, 5.41) is 0. The molecule has 0 radical (unpaired) electrons. The van der Waals surface area contributed by atoms with Crippen LogP contribution in [0.4, 0.5) is 0 Å². The van der Waals surface area contributed by atoms with Gasteiger partial charge in [-0.05, 0) is 39.0 Å².